The molecule has 0 amide bonds. The molecule has 13 nitrogen and oxygen atoms in total. The zero-order valence-corrected chi connectivity index (χ0v) is 37.2. The van der Waals surface area contributed by atoms with E-state index in [1.807, 2.05) is 0 Å². The van der Waals surface area contributed by atoms with Crippen LogP contribution in [0.3, 0.4) is 0 Å². The number of unbranched alkanes of at least 4 members (excludes halogenated alkanes) is 19. The van der Waals surface area contributed by atoms with Crippen molar-refractivity contribution in [1.82, 2.24) is 0 Å². The number of rotatable bonds is 37. The summed E-state index contributed by atoms with van der Waals surface area (Å²) in [6.07, 6.45) is 26.2. The first kappa shape index (κ1) is 55.1. The predicted octanol–water partition coefficient (Wildman–Crippen LogP) is 8.61. The molecule has 6 atom stereocenters. The highest BCUT2D eigenvalue weighted by atomic mass is 31.2. The predicted molar refractivity (Wildman–Crippen MR) is 230 cm³/mol. The SMILES string of the molecule is CCCCC/C=C\C/C=C\CCCCCCCC(=O)OC(COC(=O)CCCCCCC/C=C\CCCCCCCC)COP(=O)(O)OC1C(O)C(O)C(O)C(O)C1O. The Balaban J connectivity index is 2.49. The highest BCUT2D eigenvalue weighted by Gasteiger charge is 2.51. The van der Waals surface area contributed by atoms with E-state index >= 15 is 0 Å². The van der Waals surface area contributed by atoms with E-state index in [2.05, 4.69) is 50.3 Å². The van der Waals surface area contributed by atoms with Crippen molar-refractivity contribution in [2.75, 3.05) is 13.2 Å². The molecule has 0 aromatic rings. The third kappa shape index (κ3) is 28.3. The second-order valence-corrected chi connectivity index (χ2v) is 17.3. The van der Waals surface area contributed by atoms with Gasteiger partial charge in [-0.1, -0.05) is 134 Å². The average Bonchev–Trinajstić information content (AvgIpc) is 3.21. The van der Waals surface area contributed by atoms with Gasteiger partial charge >= 0.3 is 19.8 Å². The molecule has 0 aliphatic heterocycles. The molecular weight excluding hydrogens is 779 g/mol. The number of phosphoric acid groups is 1. The summed E-state index contributed by atoms with van der Waals surface area (Å²) in [6, 6.07) is 0. The van der Waals surface area contributed by atoms with E-state index in [4.69, 9.17) is 18.5 Å². The van der Waals surface area contributed by atoms with Gasteiger partial charge in [0.05, 0.1) is 6.61 Å². The maximum Gasteiger partial charge on any atom is 0.472 e. The number of aliphatic hydroxyl groups excluding tert-OH is 5. The van der Waals surface area contributed by atoms with Crippen molar-refractivity contribution in [2.24, 2.45) is 0 Å². The van der Waals surface area contributed by atoms with Gasteiger partial charge < -0.3 is 39.9 Å². The molecular formula is C45H81O13P. The fraction of sp³-hybridized carbons (Fsp3) is 0.822. The molecule has 59 heavy (non-hydrogen) atoms. The summed E-state index contributed by atoms with van der Waals surface area (Å²) in [5.41, 5.74) is 0. The van der Waals surface area contributed by atoms with Crippen molar-refractivity contribution in [2.45, 2.75) is 224 Å². The number of hydrogen-bond donors (Lipinski definition) is 6. The summed E-state index contributed by atoms with van der Waals surface area (Å²) < 4.78 is 33.5. The summed E-state index contributed by atoms with van der Waals surface area (Å²) in [5.74, 6) is -1.12. The Morgan fingerprint density at radius 1 is 0.525 bits per heavy atom. The van der Waals surface area contributed by atoms with E-state index in [9.17, 15) is 44.6 Å². The largest absolute Gasteiger partial charge is 0.472 e. The lowest BCUT2D eigenvalue weighted by Crippen LogP contribution is -2.64. The molecule has 6 unspecified atom stereocenters. The highest BCUT2D eigenvalue weighted by molar-refractivity contribution is 7.47. The van der Waals surface area contributed by atoms with Gasteiger partial charge in [0.25, 0.3) is 0 Å². The van der Waals surface area contributed by atoms with Crippen LogP contribution in [0.25, 0.3) is 0 Å². The van der Waals surface area contributed by atoms with Gasteiger partial charge in [-0.25, -0.2) is 4.57 Å². The molecule has 344 valence electrons. The second-order valence-electron chi connectivity index (χ2n) is 15.9. The normalized spacial score (nSPS) is 22.6. The van der Waals surface area contributed by atoms with Crippen LogP contribution in [0.15, 0.2) is 36.5 Å². The number of esters is 2. The molecule has 14 heteroatoms. The van der Waals surface area contributed by atoms with E-state index in [1.165, 1.54) is 57.8 Å². The number of phosphoric ester groups is 1. The molecule has 0 aromatic heterocycles. The van der Waals surface area contributed by atoms with Crippen molar-refractivity contribution < 1.29 is 63.1 Å². The lowest BCUT2D eigenvalue weighted by atomic mass is 9.85. The zero-order chi connectivity index (χ0) is 43.6. The smallest absolute Gasteiger partial charge is 0.462 e. The first-order chi connectivity index (χ1) is 28.4. The number of hydrogen-bond acceptors (Lipinski definition) is 12. The average molecular weight is 861 g/mol. The summed E-state index contributed by atoms with van der Waals surface area (Å²) in [6.45, 7) is 3.24. The Labute approximate surface area is 355 Å². The third-order valence-corrected chi connectivity index (χ3v) is 11.4. The lowest BCUT2D eigenvalue weighted by Gasteiger charge is -2.41. The molecule has 0 bridgehead atoms. The van der Waals surface area contributed by atoms with Crippen LogP contribution in [0.1, 0.15) is 181 Å². The molecule has 1 aliphatic carbocycles. The molecule has 1 aliphatic rings. The van der Waals surface area contributed by atoms with Crippen molar-refractivity contribution in [3.63, 3.8) is 0 Å². The van der Waals surface area contributed by atoms with Crippen molar-refractivity contribution in [1.29, 1.82) is 0 Å². The van der Waals surface area contributed by atoms with Crippen LogP contribution in [-0.4, -0.2) is 98.3 Å². The third-order valence-electron chi connectivity index (χ3n) is 10.5. The van der Waals surface area contributed by atoms with Crippen molar-refractivity contribution in [3.05, 3.63) is 36.5 Å². The van der Waals surface area contributed by atoms with Gasteiger partial charge in [0.2, 0.25) is 0 Å². The Hall–Kier alpha value is -1.93. The maximum atomic E-state index is 12.8. The quantitative estimate of drug-likeness (QED) is 0.0150. The van der Waals surface area contributed by atoms with Crippen LogP contribution < -0.4 is 0 Å². The van der Waals surface area contributed by atoms with Crippen LogP contribution >= 0.6 is 7.82 Å². The summed E-state index contributed by atoms with van der Waals surface area (Å²) >= 11 is 0. The fourth-order valence-corrected chi connectivity index (χ4v) is 7.70. The molecule has 1 fully saturated rings. The minimum atomic E-state index is -5.12. The lowest BCUT2D eigenvalue weighted by molar-refractivity contribution is -0.220. The summed E-state index contributed by atoms with van der Waals surface area (Å²) in [5, 5.41) is 50.1. The Morgan fingerprint density at radius 2 is 0.915 bits per heavy atom. The van der Waals surface area contributed by atoms with Gasteiger partial charge in [-0.05, 0) is 70.6 Å². The summed E-state index contributed by atoms with van der Waals surface area (Å²) in [7, 11) is -5.12. The van der Waals surface area contributed by atoms with Gasteiger partial charge in [-0.2, -0.15) is 0 Å². The number of aliphatic hydroxyl groups is 5. The molecule has 1 rings (SSSR count). The van der Waals surface area contributed by atoms with E-state index in [0.29, 0.717) is 12.8 Å². The van der Waals surface area contributed by atoms with E-state index in [1.54, 1.807) is 0 Å². The van der Waals surface area contributed by atoms with Crippen LogP contribution in [0.2, 0.25) is 0 Å². The van der Waals surface area contributed by atoms with Gasteiger partial charge in [-0.3, -0.25) is 18.6 Å². The molecule has 6 N–H and O–H groups in total. The molecule has 0 spiro atoms. The van der Waals surface area contributed by atoms with Crippen molar-refractivity contribution in [3.8, 4) is 0 Å². The number of carbonyl (C=O) groups excluding carboxylic acids is 2. The minimum Gasteiger partial charge on any atom is -0.462 e. The fourth-order valence-electron chi connectivity index (χ4n) is 6.72. The van der Waals surface area contributed by atoms with E-state index in [0.717, 1.165) is 83.5 Å². The topological polar surface area (TPSA) is 210 Å². The van der Waals surface area contributed by atoms with Crippen molar-refractivity contribution >= 4 is 19.8 Å². The standard InChI is InChI=1S/C45H81O13P/c1-3-5-7-9-11-13-15-17-19-21-23-25-27-29-31-33-38(46)55-35-37(36-56-59(53,54)58-45-43(51)41(49)40(48)42(50)44(45)52)57-39(47)34-32-30-28-26-24-22-20-18-16-14-12-10-8-6-4-2/h12,14,17-20,37,40-45,48-52H,3-11,13,15-16,21-36H2,1-2H3,(H,53,54)/b14-12-,19-17-,20-18-. The number of carbonyl (C=O) groups is 2. The van der Waals surface area contributed by atoms with Crippen LogP contribution in [0.4, 0.5) is 0 Å². The molecule has 1 saturated carbocycles. The van der Waals surface area contributed by atoms with Gasteiger partial charge in [0.15, 0.2) is 6.10 Å². The van der Waals surface area contributed by atoms with Gasteiger partial charge in [0, 0.05) is 12.8 Å². The van der Waals surface area contributed by atoms with Crippen LogP contribution in [0.5, 0.6) is 0 Å². The first-order valence-electron chi connectivity index (χ1n) is 22.8. The molecule has 0 radical (unpaired) electrons. The van der Waals surface area contributed by atoms with Crippen LogP contribution in [0, 0.1) is 0 Å². The molecule has 0 heterocycles. The number of allylic oxidation sites excluding steroid dienone is 6. The van der Waals surface area contributed by atoms with E-state index < -0.39 is 75.7 Å². The second kappa shape index (κ2) is 35.6. The van der Waals surface area contributed by atoms with Gasteiger partial charge in [-0.15, -0.1) is 0 Å². The van der Waals surface area contributed by atoms with Gasteiger partial charge in [0.1, 0.15) is 43.2 Å². The monoisotopic (exact) mass is 861 g/mol. The molecule has 0 saturated heterocycles. The minimum absolute atomic E-state index is 0.0791. The van der Waals surface area contributed by atoms with E-state index in [-0.39, 0.29) is 12.8 Å². The molecule has 0 aromatic carbocycles. The van der Waals surface area contributed by atoms with Crippen LogP contribution in [-0.2, 0) is 32.7 Å². The Bertz CT molecular complexity index is 1180. The maximum absolute atomic E-state index is 12.8. The first-order valence-corrected chi connectivity index (χ1v) is 24.3. The summed E-state index contributed by atoms with van der Waals surface area (Å²) in [4.78, 5) is 35.7. The highest BCUT2D eigenvalue weighted by Crippen LogP contribution is 2.47. The Morgan fingerprint density at radius 3 is 1.42 bits per heavy atom. The number of ether oxygens (including phenoxy) is 2. The zero-order valence-electron chi connectivity index (χ0n) is 36.3. The Kier molecular flexibility index (Phi) is 33.3.